The van der Waals surface area contributed by atoms with Crippen LogP contribution in [0.5, 0.6) is 0 Å². The van der Waals surface area contributed by atoms with Crippen molar-refractivity contribution in [2.45, 2.75) is 19.4 Å². The van der Waals surface area contributed by atoms with Crippen LogP contribution < -0.4 is 5.90 Å². The summed E-state index contributed by atoms with van der Waals surface area (Å²) in [4.78, 5) is 46.0. The van der Waals surface area contributed by atoms with Crippen molar-refractivity contribution < 1.29 is 24.1 Å². The van der Waals surface area contributed by atoms with Crippen molar-refractivity contribution >= 4 is 17.8 Å². The maximum atomic E-state index is 12.3. The lowest BCUT2D eigenvalue weighted by Crippen LogP contribution is -2.30. The molecule has 1 aliphatic rings. The summed E-state index contributed by atoms with van der Waals surface area (Å²) < 4.78 is 0. The van der Waals surface area contributed by atoms with Gasteiger partial charge in [0, 0.05) is 0 Å². The number of amides is 2. The average Bonchev–Trinajstić information content (AvgIpc) is 2.90. The van der Waals surface area contributed by atoms with Crippen LogP contribution in [0.2, 0.25) is 0 Å². The molecule has 0 saturated heterocycles. The Kier molecular flexibility index (Phi) is 4.60. The minimum atomic E-state index is -0.605. The van der Waals surface area contributed by atoms with E-state index in [1.165, 1.54) is 0 Å². The third-order valence-corrected chi connectivity index (χ3v) is 4.10. The number of hydrogen-bond donors (Lipinski definition) is 1. The first-order valence-electron chi connectivity index (χ1n) is 7.63. The Hall–Kier alpha value is -3.03. The van der Waals surface area contributed by atoms with Gasteiger partial charge in [0.15, 0.2) is 0 Å². The predicted octanol–water partition coefficient (Wildman–Crippen LogP) is 1.93. The predicted molar refractivity (Wildman–Crippen MR) is 86.9 cm³/mol. The molecule has 2 amide bonds. The molecule has 1 unspecified atom stereocenters. The van der Waals surface area contributed by atoms with Crippen LogP contribution in [-0.4, -0.2) is 22.8 Å². The minimum absolute atomic E-state index is 0.0518. The van der Waals surface area contributed by atoms with E-state index in [1.807, 2.05) is 0 Å². The smallest absolute Gasteiger partial charge is 0.331 e. The number of rotatable bonds is 5. The second kappa shape index (κ2) is 6.84. The summed E-state index contributed by atoms with van der Waals surface area (Å²) in [6, 6.07) is 13.5. The van der Waals surface area contributed by atoms with Crippen molar-refractivity contribution in [3.63, 3.8) is 0 Å². The molecule has 0 saturated carbocycles. The molecule has 7 heteroatoms. The molecule has 0 aliphatic carbocycles. The summed E-state index contributed by atoms with van der Waals surface area (Å²) in [5, 5.41) is 0.743. The summed E-state index contributed by atoms with van der Waals surface area (Å²) in [5.41, 5.74) is 1.91. The largest absolute Gasteiger partial charge is 0.373 e. The van der Waals surface area contributed by atoms with Gasteiger partial charge in [0.1, 0.15) is 6.61 Å². The molecular weight excluding hydrogens is 324 g/mol. The maximum absolute atomic E-state index is 12.3. The van der Waals surface area contributed by atoms with Crippen LogP contribution >= 0.6 is 0 Å². The molecular formula is C18H16N2O5. The van der Waals surface area contributed by atoms with Crippen molar-refractivity contribution in [2.24, 2.45) is 5.90 Å². The fourth-order valence-corrected chi connectivity index (χ4v) is 2.74. The van der Waals surface area contributed by atoms with E-state index in [9.17, 15) is 14.4 Å². The van der Waals surface area contributed by atoms with Gasteiger partial charge in [-0.1, -0.05) is 36.4 Å². The fraction of sp³-hybridized carbons (Fsp3) is 0.167. The lowest BCUT2D eigenvalue weighted by Gasteiger charge is -2.17. The second-order valence-electron chi connectivity index (χ2n) is 5.58. The van der Waals surface area contributed by atoms with Crippen molar-refractivity contribution in [1.29, 1.82) is 0 Å². The quantitative estimate of drug-likeness (QED) is 0.659. The van der Waals surface area contributed by atoms with Gasteiger partial charge in [0.2, 0.25) is 0 Å². The van der Waals surface area contributed by atoms with Gasteiger partial charge in [-0.3, -0.25) is 14.4 Å². The topological polar surface area (TPSA) is 98.9 Å². The number of hydrogen-bond acceptors (Lipinski definition) is 6. The van der Waals surface area contributed by atoms with Crippen LogP contribution in [0.15, 0.2) is 48.5 Å². The molecule has 2 N–H and O–H groups in total. The lowest BCUT2D eigenvalue weighted by atomic mass is 9.96. The molecule has 1 aliphatic heterocycles. The summed E-state index contributed by atoms with van der Waals surface area (Å²) >= 11 is 0. The summed E-state index contributed by atoms with van der Waals surface area (Å²) in [6.45, 7) is 1.60. The Balaban J connectivity index is 1.79. The zero-order chi connectivity index (χ0) is 18.0. The summed E-state index contributed by atoms with van der Waals surface area (Å²) in [6.07, 6.45) is 0. The van der Waals surface area contributed by atoms with E-state index in [2.05, 4.69) is 4.84 Å². The van der Waals surface area contributed by atoms with Crippen LogP contribution in [-0.2, 0) is 21.1 Å². The van der Waals surface area contributed by atoms with Gasteiger partial charge in [-0.25, -0.2) is 4.79 Å². The van der Waals surface area contributed by atoms with E-state index in [1.54, 1.807) is 55.5 Å². The Morgan fingerprint density at radius 2 is 1.60 bits per heavy atom. The number of benzene rings is 2. The van der Waals surface area contributed by atoms with Crippen LogP contribution in [0.3, 0.4) is 0 Å². The highest BCUT2D eigenvalue weighted by Crippen LogP contribution is 2.25. The average molecular weight is 340 g/mol. The first-order chi connectivity index (χ1) is 12.0. The van der Waals surface area contributed by atoms with Gasteiger partial charge in [-0.05, 0) is 30.2 Å². The van der Waals surface area contributed by atoms with Crippen LogP contribution in [0.25, 0.3) is 0 Å². The first kappa shape index (κ1) is 16.8. The van der Waals surface area contributed by atoms with Crippen LogP contribution in [0.4, 0.5) is 0 Å². The van der Waals surface area contributed by atoms with Gasteiger partial charge in [-0.15, -0.1) is 5.06 Å². The number of nitrogens with two attached hydrogens (primary N) is 1. The van der Waals surface area contributed by atoms with Gasteiger partial charge < -0.3 is 4.84 Å². The first-order valence-corrected chi connectivity index (χ1v) is 7.63. The minimum Gasteiger partial charge on any atom is -0.373 e. The number of imide groups is 1. The molecule has 128 valence electrons. The van der Waals surface area contributed by atoms with E-state index in [0.717, 1.165) is 5.06 Å². The molecule has 7 nitrogen and oxygen atoms in total. The third-order valence-electron chi connectivity index (χ3n) is 4.10. The fourth-order valence-electron chi connectivity index (χ4n) is 2.74. The second-order valence-corrected chi connectivity index (χ2v) is 5.58. The van der Waals surface area contributed by atoms with E-state index in [-0.39, 0.29) is 6.61 Å². The third kappa shape index (κ3) is 3.02. The number of fused-ring (bicyclic) bond motifs is 1. The van der Waals surface area contributed by atoms with E-state index >= 15 is 0 Å². The summed E-state index contributed by atoms with van der Waals surface area (Å²) in [7, 11) is 0. The normalized spacial score (nSPS) is 14.4. The number of carbonyl (C=O) groups is 3. The molecule has 25 heavy (non-hydrogen) atoms. The number of carbonyl (C=O) groups excluding carboxylic acids is 3. The number of hydroxylamine groups is 2. The highest BCUT2D eigenvalue weighted by Gasteiger charge is 2.36. The number of nitrogens with zero attached hydrogens (tertiary/aromatic N) is 1. The standard InChI is InChI=1S/C18H16N2O5/c1-11(18(23)25-19)13-7-3-2-6-12(13)10-24-20-16(21)14-8-4-5-9-15(14)17(20)22/h2-9,11H,10,19H2,1H3. The van der Waals surface area contributed by atoms with E-state index < -0.39 is 23.7 Å². The molecule has 2 aromatic carbocycles. The van der Waals surface area contributed by atoms with Crippen molar-refractivity contribution in [1.82, 2.24) is 5.06 Å². The Labute approximate surface area is 143 Å². The van der Waals surface area contributed by atoms with Crippen molar-refractivity contribution in [2.75, 3.05) is 0 Å². The molecule has 0 aromatic heterocycles. The van der Waals surface area contributed by atoms with Gasteiger partial charge >= 0.3 is 5.97 Å². The van der Waals surface area contributed by atoms with E-state index in [0.29, 0.717) is 22.3 Å². The monoisotopic (exact) mass is 340 g/mol. The highest BCUT2D eigenvalue weighted by molar-refractivity contribution is 6.20. The van der Waals surface area contributed by atoms with Crippen molar-refractivity contribution in [3.8, 4) is 0 Å². The zero-order valence-corrected chi connectivity index (χ0v) is 13.5. The SMILES string of the molecule is CC(C(=O)ON)c1ccccc1CON1C(=O)c2ccccc2C1=O. The Bertz CT molecular complexity index is 814. The molecule has 0 spiro atoms. The van der Waals surface area contributed by atoms with E-state index in [4.69, 9.17) is 10.7 Å². The van der Waals surface area contributed by atoms with Crippen LogP contribution in [0.1, 0.15) is 44.7 Å². The maximum Gasteiger partial charge on any atom is 0.331 e. The highest BCUT2D eigenvalue weighted by atomic mass is 16.7. The Morgan fingerprint density at radius 3 is 2.20 bits per heavy atom. The summed E-state index contributed by atoms with van der Waals surface area (Å²) in [5.74, 6) is 2.73. The van der Waals surface area contributed by atoms with Gasteiger partial charge in [0.25, 0.3) is 11.8 Å². The zero-order valence-electron chi connectivity index (χ0n) is 13.5. The molecule has 0 fully saturated rings. The molecule has 1 heterocycles. The molecule has 2 aromatic rings. The van der Waals surface area contributed by atoms with Crippen LogP contribution in [0, 0.1) is 0 Å². The molecule has 0 radical (unpaired) electrons. The molecule has 3 rings (SSSR count). The lowest BCUT2D eigenvalue weighted by molar-refractivity contribution is -0.145. The van der Waals surface area contributed by atoms with Gasteiger partial charge in [0.05, 0.1) is 17.0 Å². The Morgan fingerprint density at radius 1 is 1.04 bits per heavy atom. The van der Waals surface area contributed by atoms with Gasteiger partial charge in [-0.2, -0.15) is 5.90 Å². The molecule has 1 atom stereocenters. The molecule has 0 bridgehead atoms. The van der Waals surface area contributed by atoms with Crippen molar-refractivity contribution in [3.05, 3.63) is 70.8 Å².